The number of hydrogen-bond donors (Lipinski definition) is 1. The van der Waals surface area contributed by atoms with Gasteiger partial charge in [0.2, 0.25) is 0 Å². The first-order chi connectivity index (χ1) is 5.88. The van der Waals surface area contributed by atoms with Crippen LogP contribution in [0, 0.1) is 0 Å². The van der Waals surface area contributed by atoms with Gasteiger partial charge in [-0.05, 0) is 13.8 Å². The molecule has 2 aliphatic heterocycles. The monoisotopic (exact) mass is 205 g/mol. The van der Waals surface area contributed by atoms with Gasteiger partial charge in [0.05, 0.1) is 24.2 Å². The Morgan fingerprint density at radius 1 is 1.38 bits per heavy atom. The highest BCUT2D eigenvalue weighted by atomic mass is 32.2. The molecular weight excluding hydrogens is 190 g/mol. The van der Waals surface area contributed by atoms with Crippen molar-refractivity contribution in [1.29, 1.82) is 0 Å². The lowest BCUT2D eigenvalue weighted by atomic mass is 10.0. The Hall–Kier alpha value is -0.130. The van der Waals surface area contributed by atoms with Gasteiger partial charge in [-0.3, -0.25) is 0 Å². The summed E-state index contributed by atoms with van der Waals surface area (Å²) in [5, 5.41) is 3.31. The topological polar surface area (TPSA) is 55.4 Å². The Balaban J connectivity index is 2.15. The molecule has 2 atom stereocenters. The first kappa shape index (κ1) is 9.43. The molecule has 1 N–H and O–H groups in total. The molecule has 2 fully saturated rings. The first-order valence-corrected chi connectivity index (χ1v) is 6.30. The van der Waals surface area contributed by atoms with E-state index in [0.717, 1.165) is 0 Å². The van der Waals surface area contributed by atoms with E-state index in [1.54, 1.807) is 0 Å². The lowest BCUT2D eigenvalue weighted by molar-refractivity contribution is -0.0300. The van der Waals surface area contributed by atoms with Crippen LogP contribution in [0.2, 0.25) is 0 Å². The van der Waals surface area contributed by atoms with Crippen LogP contribution >= 0.6 is 0 Å². The molecule has 2 saturated heterocycles. The fraction of sp³-hybridized carbons (Fsp3) is 1.00. The van der Waals surface area contributed by atoms with Gasteiger partial charge >= 0.3 is 0 Å². The minimum absolute atomic E-state index is 0.00579. The summed E-state index contributed by atoms with van der Waals surface area (Å²) in [6.45, 7) is 4.63. The Morgan fingerprint density at radius 3 is 2.77 bits per heavy atom. The number of fused-ring (bicyclic) bond motifs is 1. The van der Waals surface area contributed by atoms with Crippen LogP contribution in [0.4, 0.5) is 0 Å². The number of rotatable bonds is 0. The van der Waals surface area contributed by atoms with Crippen molar-refractivity contribution in [3.05, 3.63) is 0 Å². The van der Waals surface area contributed by atoms with Gasteiger partial charge in [-0.1, -0.05) is 0 Å². The van der Waals surface area contributed by atoms with Gasteiger partial charge in [-0.2, -0.15) is 0 Å². The smallest absolute Gasteiger partial charge is 0.154 e. The summed E-state index contributed by atoms with van der Waals surface area (Å²) in [4.78, 5) is 0. The van der Waals surface area contributed by atoms with E-state index in [9.17, 15) is 8.42 Å². The maximum absolute atomic E-state index is 11.3. The van der Waals surface area contributed by atoms with E-state index < -0.39 is 9.84 Å². The third-order valence-corrected chi connectivity index (χ3v) is 4.24. The van der Waals surface area contributed by atoms with Crippen LogP contribution in [0.5, 0.6) is 0 Å². The van der Waals surface area contributed by atoms with Gasteiger partial charge in [-0.25, -0.2) is 8.42 Å². The molecule has 2 aliphatic rings. The normalized spacial score (nSPS) is 41.4. The Morgan fingerprint density at radius 2 is 2.08 bits per heavy atom. The van der Waals surface area contributed by atoms with E-state index >= 15 is 0 Å². The second kappa shape index (κ2) is 2.68. The van der Waals surface area contributed by atoms with E-state index in [4.69, 9.17) is 4.74 Å². The maximum Gasteiger partial charge on any atom is 0.154 e. The molecule has 0 amide bonds. The summed E-state index contributed by atoms with van der Waals surface area (Å²) in [7, 11) is -2.87. The van der Waals surface area contributed by atoms with Crippen molar-refractivity contribution >= 4 is 9.84 Å². The molecule has 2 heterocycles. The zero-order valence-electron chi connectivity index (χ0n) is 7.91. The van der Waals surface area contributed by atoms with E-state index in [-0.39, 0.29) is 29.2 Å². The molecule has 2 unspecified atom stereocenters. The highest BCUT2D eigenvalue weighted by Crippen LogP contribution is 2.23. The predicted octanol–water partition coefficient (Wildman–Crippen LogP) is -0.450. The fourth-order valence-corrected chi connectivity index (χ4v) is 3.78. The summed E-state index contributed by atoms with van der Waals surface area (Å²) >= 11 is 0. The molecule has 2 rings (SSSR count). The highest BCUT2D eigenvalue weighted by Gasteiger charge is 2.44. The number of hydrogen-bond acceptors (Lipinski definition) is 4. The average molecular weight is 205 g/mol. The van der Waals surface area contributed by atoms with Gasteiger partial charge in [0.15, 0.2) is 9.84 Å². The van der Waals surface area contributed by atoms with Crippen LogP contribution in [-0.2, 0) is 14.6 Å². The molecule has 0 aromatic heterocycles. The van der Waals surface area contributed by atoms with Crippen LogP contribution in [0.1, 0.15) is 13.8 Å². The van der Waals surface area contributed by atoms with Crippen molar-refractivity contribution < 1.29 is 13.2 Å². The Bertz CT molecular complexity index is 309. The molecule has 0 aliphatic carbocycles. The van der Waals surface area contributed by atoms with Crippen molar-refractivity contribution in [2.75, 3.05) is 18.1 Å². The Kier molecular flexibility index (Phi) is 1.94. The number of nitrogens with one attached hydrogen (secondary N) is 1. The van der Waals surface area contributed by atoms with E-state index in [1.165, 1.54) is 0 Å². The largest absolute Gasteiger partial charge is 0.374 e. The molecule has 13 heavy (non-hydrogen) atoms. The molecule has 4 nitrogen and oxygen atoms in total. The van der Waals surface area contributed by atoms with Gasteiger partial charge in [-0.15, -0.1) is 0 Å². The standard InChI is InChI=1S/C8H15NO3S/c1-8(2)5-12-7-4-13(10,11)3-6(7)9-8/h6-7,9H,3-5H2,1-2H3. The summed E-state index contributed by atoms with van der Waals surface area (Å²) in [5.74, 6) is 0.405. The van der Waals surface area contributed by atoms with Gasteiger partial charge in [0, 0.05) is 11.6 Å². The van der Waals surface area contributed by atoms with Crippen LogP contribution in [0.25, 0.3) is 0 Å². The third kappa shape index (κ3) is 1.87. The summed E-state index contributed by atoms with van der Waals surface area (Å²) in [6, 6.07) is -0.00579. The number of sulfone groups is 1. The van der Waals surface area contributed by atoms with Crippen molar-refractivity contribution in [2.45, 2.75) is 31.5 Å². The molecule has 0 bridgehead atoms. The molecule has 0 aromatic carbocycles. The minimum Gasteiger partial charge on any atom is -0.374 e. The van der Waals surface area contributed by atoms with Gasteiger partial charge in [0.25, 0.3) is 0 Å². The second-order valence-electron chi connectivity index (χ2n) is 4.56. The molecule has 5 heteroatoms. The summed E-state index contributed by atoms with van der Waals surface area (Å²) < 4.78 is 28.1. The van der Waals surface area contributed by atoms with E-state index in [0.29, 0.717) is 6.61 Å². The molecule has 0 saturated carbocycles. The van der Waals surface area contributed by atoms with Crippen LogP contribution < -0.4 is 5.32 Å². The molecule has 0 radical (unpaired) electrons. The summed E-state index contributed by atoms with van der Waals surface area (Å²) in [5.41, 5.74) is -0.0962. The van der Waals surface area contributed by atoms with Crippen molar-refractivity contribution in [2.24, 2.45) is 0 Å². The molecule has 0 spiro atoms. The summed E-state index contributed by atoms with van der Waals surface area (Å²) in [6.07, 6.45) is -0.127. The van der Waals surface area contributed by atoms with Gasteiger partial charge < -0.3 is 10.1 Å². The van der Waals surface area contributed by atoms with Crippen LogP contribution in [-0.4, -0.2) is 44.2 Å². The lowest BCUT2D eigenvalue weighted by Crippen LogP contribution is -2.59. The average Bonchev–Trinajstić information content (AvgIpc) is 2.20. The molecule has 76 valence electrons. The van der Waals surface area contributed by atoms with E-state index in [2.05, 4.69) is 5.32 Å². The molecular formula is C8H15NO3S. The zero-order chi connectivity index (χ0) is 9.69. The van der Waals surface area contributed by atoms with Crippen molar-refractivity contribution in [1.82, 2.24) is 5.32 Å². The fourth-order valence-electron chi connectivity index (χ4n) is 1.97. The number of ether oxygens (including phenoxy) is 1. The van der Waals surface area contributed by atoms with Crippen LogP contribution in [0.3, 0.4) is 0 Å². The van der Waals surface area contributed by atoms with E-state index in [1.807, 2.05) is 13.8 Å². The zero-order valence-corrected chi connectivity index (χ0v) is 8.73. The number of morpholine rings is 1. The predicted molar refractivity (Wildman–Crippen MR) is 49.4 cm³/mol. The van der Waals surface area contributed by atoms with Crippen LogP contribution in [0.15, 0.2) is 0 Å². The second-order valence-corrected chi connectivity index (χ2v) is 6.71. The minimum atomic E-state index is -2.87. The quantitative estimate of drug-likeness (QED) is 0.582. The SMILES string of the molecule is CC1(C)COC2CS(=O)(=O)CC2N1. The van der Waals surface area contributed by atoms with Gasteiger partial charge in [0.1, 0.15) is 0 Å². The lowest BCUT2D eigenvalue weighted by Gasteiger charge is -2.38. The van der Waals surface area contributed by atoms with Crippen molar-refractivity contribution in [3.63, 3.8) is 0 Å². The third-order valence-electron chi connectivity index (χ3n) is 2.53. The van der Waals surface area contributed by atoms with Crippen molar-refractivity contribution in [3.8, 4) is 0 Å². The first-order valence-electron chi connectivity index (χ1n) is 4.48. The Labute approximate surface area is 78.6 Å². The maximum atomic E-state index is 11.3. The molecule has 0 aromatic rings. The highest BCUT2D eigenvalue weighted by molar-refractivity contribution is 7.91.